The predicted octanol–water partition coefficient (Wildman–Crippen LogP) is 2.76. The molecule has 0 aliphatic rings. The minimum Gasteiger partial charge on any atom is -0.490 e. The van der Waals surface area contributed by atoms with Crippen molar-refractivity contribution >= 4 is 24.1 Å². The maximum absolute atomic E-state index is 12.7. The van der Waals surface area contributed by atoms with E-state index in [9.17, 15) is 23.3 Å². The van der Waals surface area contributed by atoms with Crippen molar-refractivity contribution in [2.24, 2.45) is 5.10 Å². The standard InChI is InChI=1S/C11H8F3N5O3S/c1-22-8-3-2-6(4-7(8)19(20)21)5-15-18-9(11(12,13)14)16-17-10(18)23/h2-5H,1H3,(H,17,23)/b15-5+. The summed E-state index contributed by atoms with van der Waals surface area (Å²) in [4.78, 5) is 10.2. The zero-order valence-corrected chi connectivity index (χ0v) is 12.2. The zero-order valence-electron chi connectivity index (χ0n) is 11.4. The number of H-pyrrole nitrogens is 1. The van der Waals surface area contributed by atoms with Gasteiger partial charge in [0.2, 0.25) is 4.77 Å². The summed E-state index contributed by atoms with van der Waals surface area (Å²) in [6, 6.07) is 3.81. The smallest absolute Gasteiger partial charge is 0.453 e. The van der Waals surface area contributed by atoms with Gasteiger partial charge in [0.1, 0.15) is 0 Å². The Bertz CT molecular complexity index is 827. The topological polar surface area (TPSA) is 98.3 Å². The molecule has 0 bridgehead atoms. The number of methoxy groups -OCH3 is 1. The zero-order chi connectivity index (χ0) is 17.2. The number of alkyl halides is 3. The van der Waals surface area contributed by atoms with Gasteiger partial charge in [0, 0.05) is 11.6 Å². The van der Waals surface area contributed by atoms with Gasteiger partial charge in [-0.05, 0) is 24.4 Å². The molecule has 1 heterocycles. The van der Waals surface area contributed by atoms with E-state index in [4.69, 9.17) is 4.74 Å². The Morgan fingerprint density at radius 3 is 2.78 bits per heavy atom. The van der Waals surface area contributed by atoms with Gasteiger partial charge >= 0.3 is 11.9 Å². The number of ether oxygens (including phenoxy) is 1. The van der Waals surface area contributed by atoms with Gasteiger partial charge in [0.15, 0.2) is 5.75 Å². The van der Waals surface area contributed by atoms with Crippen molar-refractivity contribution in [2.75, 3.05) is 7.11 Å². The van der Waals surface area contributed by atoms with Gasteiger partial charge in [-0.2, -0.15) is 22.9 Å². The largest absolute Gasteiger partial charge is 0.490 e. The van der Waals surface area contributed by atoms with E-state index >= 15 is 0 Å². The molecule has 8 nitrogen and oxygen atoms in total. The Labute approximate surface area is 131 Å². The monoisotopic (exact) mass is 347 g/mol. The highest BCUT2D eigenvalue weighted by atomic mass is 32.1. The second-order valence-corrected chi connectivity index (χ2v) is 4.48. The highest BCUT2D eigenvalue weighted by Gasteiger charge is 2.37. The molecule has 2 rings (SSSR count). The van der Waals surface area contributed by atoms with Gasteiger partial charge < -0.3 is 4.74 Å². The van der Waals surface area contributed by atoms with Gasteiger partial charge in [-0.15, -0.1) is 5.10 Å². The van der Waals surface area contributed by atoms with Gasteiger partial charge in [-0.1, -0.05) is 0 Å². The number of hydrogen-bond acceptors (Lipinski definition) is 6. The molecule has 0 aliphatic carbocycles. The van der Waals surface area contributed by atoms with E-state index in [0.29, 0.717) is 4.68 Å². The molecule has 1 N–H and O–H groups in total. The maximum Gasteiger partial charge on any atom is 0.453 e. The fraction of sp³-hybridized carbons (Fsp3) is 0.182. The number of aromatic nitrogens is 3. The fourth-order valence-electron chi connectivity index (χ4n) is 1.64. The molecular formula is C11H8F3N5O3S. The number of rotatable bonds is 4. The minimum absolute atomic E-state index is 0.0167. The molecule has 12 heteroatoms. The van der Waals surface area contributed by atoms with E-state index in [1.165, 1.54) is 19.2 Å². The summed E-state index contributed by atoms with van der Waals surface area (Å²) in [5, 5.41) is 19.5. The number of aromatic amines is 1. The van der Waals surface area contributed by atoms with Crippen LogP contribution >= 0.6 is 12.2 Å². The SMILES string of the molecule is COc1ccc(/C=N/n2c(C(F)(F)F)n[nH]c2=S)cc1[N+](=O)[O-]. The molecule has 0 spiro atoms. The van der Waals surface area contributed by atoms with E-state index < -0.39 is 16.9 Å². The van der Waals surface area contributed by atoms with E-state index in [1.54, 1.807) is 0 Å². The van der Waals surface area contributed by atoms with Crippen LogP contribution in [-0.4, -0.2) is 33.1 Å². The number of nitro benzene ring substituents is 1. The Balaban J connectivity index is 2.42. The summed E-state index contributed by atoms with van der Waals surface area (Å²) < 4.78 is 43.0. The van der Waals surface area contributed by atoms with Crippen LogP contribution in [0.4, 0.5) is 18.9 Å². The van der Waals surface area contributed by atoms with Crippen LogP contribution in [0, 0.1) is 14.9 Å². The maximum atomic E-state index is 12.7. The molecule has 0 fully saturated rings. The number of nitrogens with zero attached hydrogens (tertiary/aromatic N) is 4. The molecule has 1 aromatic carbocycles. The molecule has 1 aromatic heterocycles. The first-order chi connectivity index (χ1) is 10.7. The molecule has 0 unspecified atom stereocenters. The number of nitrogens with one attached hydrogen (secondary N) is 1. The molecule has 0 atom stereocenters. The quantitative estimate of drug-likeness (QED) is 0.397. The van der Waals surface area contributed by atoms with Crippen molar-refractivity contribution in [2.45, 2.75) is 6.18 Å². The molecule has 0 amide bonds. The lowest BCUT2D eigenvalue weighted by Crippen LogP contribution is -2.12. The van der Waals surface area contributed by atoms with E-state index in [-0.39, 0.29) is 21.8 Å². The lowest BCUT2D eigenvalue weighted by molar-refractivity contribution is -0.385. The van der Waals surface area contributed by atoms with Crippen molar-refractivity contribution in [1.29, 1.82) is 0 Å². The third kappa shape index (κ3) is 3.53. The van der Waals surface area contributed by atoms with Gasteiger partial charge in [0.05, 0.1) is 18.2 Å². The van der Waals surface area contributed by atoms with Crippen molar-refractivity contribution < 1.29 is 22.8 Å². The molecule has 23 heavy (non-hydrogen) atoms. The third-order valence-corrected chi connectivity index (χ3v) is 2.89. The summed E-state index contributed by atoms with van der Waals surface area (Å²) in [6.45, 7) is 0. The Morgan fingerprint density at radius 1 is 1.52 bits per heavy atom. The highest BCUT2D eigenvalue weighted by Crippen LogP contribution is 2.28. The Hall–Kier alpha value is -2.76. The molecule has 0 saturated heterocycles. The summed E-state index contributed by atoms with van der Waals surface area (Å²) in [5.74, 6) is -1.31. The summed E-state index contributed by atoms with van der Waals surface area (Å²) in [5.41, 5.74) is -0.156. The van der Waals surface area contributed by atoms with Crippen LogP contribution in [0.3, 0.4) is 0 Å². The van der Waals surface area contributed by atoms with Crippen LogP contribution in [0.2, 0.25) is 0 Å². The highest BCUT2D eigenvalue weighted by molar-refractivity contribution is 7.71. The van der Waals surface area contributed by atoms with Crippen molar-refractivity contribution in [3.63, 3.8) is 0 Å². The number of benzene rings is 1. The normalized spacial score (nSPS) is 11.8. The van der Waals surface area contributed by atoms with Crippen molar-refractivity contribution in [1.82, 2.24) is 14.9 Å². The molecule has 2 aromatic rings. The first-order valence-corrected chi connectivity index (χ1v) is 6.26. The molecule has 122 valence electrons. The molecule has 0 aliphatic heterocycles. The average molecular weight is 347 g/mol. The second-order valence-electron chi connectivity index (χ2n) is 4.09. The summed E-state index contributed by atoms with van der Waals surface area (Å²) in [7, 11) is 1.26. The van der Waals surface area contributed by atoms with Gasteiger partial charge in [-0.3, -0.25) is 10.1 Å². The lowest BCUT2D eigenvalue weighted by atomic mass is 10.2. The predicted molar refractivity (Wildman–Crippen MR) is 75.1 cm³/mol. The second kappa shape index (κ2) is 6.16. The summed E-state index contributed by atoms with van der Waals surface area (Å²) in [6.07, 6.45) is -3.76. The average Bonchev–Trinajstić information content (AvgIpc) is 2.85. The first-order valence-electron chi connectivity index (χ1n) is 5.85. The van der Waals surface area contributed by atoms with E-state index in [0.717, 1.165) is 12.3 Å². The molecular weight excluding hydrogens is 339 g/mol. The van der Waals surface area contributed by atoms with Crippen LogP contribution in [0.1, 0.15) is 11.4 Å². The van der Waals surface area contributed by atoms with Crippen LogP contribution < -0.4 is 4.74 Å². The lowest BCUT2D eigenvalue weighted by Gasteiger charge is -2.04. The molecule has 0 radical (unpaired) electrons. The van der Waals surface area contributed by atoms with Gasteiger partial charge in [-0.25, -0.2) is 5.10 Å². The van der Waals surface area contributed by atoms with E-state index in [2.05, 4.69) is 22.4 Å². The van der Waals surface area contributed by atoms with Crippen molar-refractivity contribution in [3.8, 4) is 5.75 Å². The number of hydrogen-bond donors (Lipinski definition) is 1. The number of nitro groups is 1. The van der Waals surface area contributed by atoms with Crippen LogP contribution in [0.15, 0.2) is 23.3 Å². The first kappa shape index (κ1) is 16.6. The molecule has 0 saturated carbocycles. The summed E-state index contributed by atoms with van der Waals surface area (Å²) >= 11 is 4.67. The van der Waals surface area contributed by atoms with Crippen LogP contribution in [0.25, 0.3) is 0 Å². The number of halogens is 3. The van der Waals surface area contributed by atoms with Gasteiger partial charge in [0.25, 0.3) is 5.82 Å². The Kier molecular flexibility index (Phi) is 4.45. The van der Waals surface area contributed by atoms with E-state index in [1.807, 2.05) is 5.10 Å². The fourth-order valence-corrected chi connectivity index (χ4v) is 1.82. The van der Waals surface area contributed by atoms with Crippen LogP contribution in [-0.2, 0) is 6.18 Å². The Morgan fingerprint density at radius 2 is 2.22 bits per heavy atom. The van der Waals surface area contributed by atoms with Crippen molar-refractivity contribution in [3.05, 3.63) is 44.5 Å². The van der Waals surface area contributed by atoms with Crippen LogP contribution in [0.5, 0.6) is 5.75 Å². The minimum atomic E-state index is -4.75. The third-order valence-electron chi connectivity index (χ3n) is 2.63.